The first kappa shape index (κ1) is 12.9. The fourth-order valence-electron chi connectivity index (χ4n) is 3.76. The van der Waals surface area contributed by atoms with E-state index in [1.807, 2.05) is 0 Å². The molecule has 1 aliphatic carbocycles. The second-order valence-corrected chi connectivity index (χ2v) is 6.45. The molecule has 0 spiro atoms. The van der Waals surface area contributed by atoms with Crippen LogP contribution in [0.1, 0.15) is 44.9 Å². The third-order valence-electron chi connectivity index (χ3n) is 5.05. The summed E-state index contributed by atoms with van der Waals surface area (Å²) in [6, 6.07) is 2.47. The zero-order valence-corrected chi connectivity index (χ0v) is 11.7. The molecule has 0 radical (unpaired) electrons. The highest BCUT2D eigenvalue weighted by atomic mass is 16.5. The lowest BCUT2D eigenvalue weighted by Crippen LogP contribution is -2.48. The number of hydrogen-bond donors (Lipinski definition) is 1. The van der Waals surface area contributed by atoms with E-state index in [9.17, 15) is 0 Å². The molecule has 1 saturated carbocycles. The van der Waals surface area contributed by atoms with Gasteiger partial charge < -0.3 is 10.1 Å². The summed E-state index contributed by atoms with van der Waals surface area (Å²) in [4.78, 5) is 2.77. The number of rotatable bonds is 7. The number of nitrogens with zero attached hydrogens (tertiary/aromatic N) is 1. The van der Waals surface area contributed by atoms with Crippen LogP contribution in [0.5, 0.6) is 0 Å². The molecule has 2 aliphatic heterocycles. The molecule has 104 valence electrons. The van der Waals surface area contributed by atoms with Crippen molar-refractivity contribution in [3.8, 4) is 0 Å². The molecule has 2 heterocycles. The van der Waals surface area contributed by atoms with Gasteiger partial charge in [0.2, 0.25) is 0 Å². The van der Waals surface area contributed by atoms with Crippen LogP contribution in [0.4, 0.5) is 0 Å². The van der Waals surface area contributed by atoms with Crippen molar-refractivity contribution in [2.45, 2.75) is 63.1 Å². The van der Waals surface area contributed by atoms with Crippen molar-refractivity contribution in [1.29, 1.82) is 0 Å². The van der Waals surface area contributed by atoms with Crippen molar-refractivity contribution < 1.29 is 4.74 Å². The second-order valence-electron chi connectivity index (χ2n) is 6.45. The van der Waals surface area contributed by atoms with E-state index >= 15 is 0 Å². The maximum Gasteiger partial charge on any atom is 0.0494 e. The fourth-order valence-corrected chi connectivity index (χ4v) is 3.76. The summed E-state index contributed by atoms with van der Waals surface area (Å²) in [5, 5.41) is 3.47. The second kappa shape index (κ2) is 5.89. The molecule has 18 heavy (non-hydrogen) atoms. The Hall–Kier alpha value is -0.120. The van der Waals surface area contributed by atoms with Crippen molar-refractivity contribution in [3.05, 3.63) is 0 Å². The molecule has 3 fully saturated rings. The smallest absolute Gasteiger partial charge is 0.0494 e. The van der Waals surface area contributed by atoms with Crippen LogP contribution in [0.3, 0.4) is 0 Å². The summed E-state index contributed by atoms with van der Waals surface area (Å²) in [6.45, 7) is 3.26. The number of nitrogens with one attached hydrogen (secondary N) is 1. The summed E-state index contributed by atoms with van der Waals surface area (Å²) in [5.41, 5.74) is 0. The van der Waals surface area contributed by atoms with Gasteiger partial charge in [0.1, 0.15) is 0 Å². The molecule has 3 rings (SSSR count). The van der Waals surface area contributed by atoms with Gasteiger partial charge in [0.25, 0.3) is 0 Å². The minimum absolute atomic E-state index is 0.768. The molecule has 2 atom stereocenters. The summed E-state index contributed by atoms with van der Waals surface area (Å²) in [7, 11) is 2.12. The van der Waals surface area contributed by atoms with E-state index in [-0.39, 0.29) is 0 Å². The molecule has 3 nitrogen and oxygen atoms in total. The average Bonchev–Trinajstić information content (AvgIpc) is 3.17. The molecular weight excluding hydrogens is 224 g/mol. The molecule has 3 heteroatoms. The molecule has 3 aliphatic rings. The van der Waals surface area contributed by atoms with Crippen molar-refractivity contribution in [1.82, 2.24) is 10.2 Å². The predicted molar refractivity (Wildman–Crippen MR) is 73.8 cm³/mol. The third-order valence-corrected chi connectivity index (χ3v) is 5.05. The van der Waals surface area contributed by atoms with Gasteiger partial charge >= 0.3 is 0 Å². The van der Waals surface area contributed by atoms with Crippen LogP contribution in [0.25, 0.3) is 0 Å². The quantitative estimate of drug-likeness (QED) is 0.702. The Morgan fingerprint density at radius 1 is 1.11 bits per heavy atom. The van der Waals surface area contributed by atoms with Gasteiger partial charge in [-0.15, -0.1) is 0 Å². The number of hydrogen-bond acceptors (Lipinski definition) is 3. The van der Waals surface area contributed by atoms with Gasteiger partial charge in [-0.05, 0) is 57.9 Å². The third kappa shape index (κ3) is 3.06. The van der Waals surface area contributed by atoms with Crippen molar-refractivity contribution in [2.75, 3.05) is 26.8 Å². The molecule has 2 unspecified atom stereocenters. The van der Waals surface area contributed by atoms with Gasteiger partial charge in [0, 0.05) is 37.9 Å². The molecule has 2 saturated heterocycles. The summed E-state index contributed by atoms with van der Waals surface area (Å²) < 4.78 is 5.74. The first-order valence-electron chi connectivity index (χ1n) is 7.87. The van der Waals surface area contributed by atoms with E-state index in [2.05, 4.69) is 17.3 Å². The minimum atomic E-state index is 0.768. The Morgan fingerprint density at radius 2 is 1.83 bits per heavy atom. The largest absolute Gasteiger partial charge is 0.381 e. The van der Waals surface area contributed by atoms with Crippen molar-refractivity contribution >= 4 is 0 Å². The van der Waals surface area contributed by atoms with Crippen molar-refractivity contribution in [2.24, 2.45) is 5.92 Å². The zero-order chi connectivity index (χ0) is 12.4. The average molecular weight is 252 g/mol. The van der Waals surface area contributed by atoms with Crippen molar-refractivity contribution in [3.63, 3.8) is 0 Å². The lowest BCUT2D eigenvalue weighted by atomic mass is 9.97. The van der Waals surface area contributed by atoms with Gasteiger partial charge in [-0.2, -0.15) is 0 Å². The van der Waals surface area contributed by atoms with E-state index in [0.717, 1.165) is 37.3 Å². The molecule has 0 amide bonds. The van der Waals surface area contributed by atoms with Crippen LogP contribution >= 0.6 is 0 Å². The minimum Gasteiger partial charge on any atom is -0.381 e. The monoisotopic (exact) mass is 252 g/mol. The molecule has 0 aromatic rings. The van der Waals surface area contributed by atoms with Crippen LogP contribution in [-0.4, -0.2) is 49.8 Å². The van der Waals surface area contributed by atoms with Crippen LogP contribution in [0.15, 0.2) is 0 Å². The highest BCUT2D eigenvalue weighted by Gasteiger charge is 2.39. The lowest BCUT2D eigenvalue weighted by Gasteiger charge is -2.38. The van der Waals surface area contributed by atoms with E-state index in [4.69, 9.17) is 4.74 Å². The van der Waals surface area contributed by atoms with Crippen LogP contribution in [0, 0.1) is 5.92 Å². The maximum absolute atomic E-state index is 5.74. The van der Waals surface area contributed by atoms with E-state index in [1.165, 1.54) is 51.5 Å². The Morgan fingerprint density at radius 3 is 2.44 bits per heavy atom. The molecule has 1 N–H and O–H groups in total. The number of fused-ring (bicyclic) bond motifs is 2. The van der Waals surface area contributed by atoms with E-state index in [0.29, 0.717) is 0 Å². The fraction of sp³-hybridized carbons (Fsp3) is 1.00. The number of ether oxygens (including phenoxy) is 1. The Bertz CT molecular complexity index is 253. The standard InChI is InChI=1S/C15H28N2O/c1-16-13-9-14-5-6-15(10-13)17(14)7-2-8-18-11-12-3-4-12/h12-16H,2-11H2,1H3. The highest BCUT2D eigenvalue weighted by molar-refractivity contribution is 4.96. The lowest BCUT2D eigenvalue weighted by molar-refractivity contribution is 0.0830. The summed E-state index contributed by atoms with van der Waals surface area (Å²) in [5.74, 6) is 0.910. The highest BCUT2D eigenvalue weighted by Crippen LogP contribution is 2.35. The van der Waals surface area contributed by atoms with Gasteiger partial charge in [0.15, 0.2) is 0 Å². The van der Waals surface area contributed by atoms with E-state index in [1.54, 1.807) is 0 Å². The topological polar surface area (TPSA) is 24.5 Å². The molecule has 0 aromatic heterocycles. The molecule has 2 bridgehead atoms. The first-order valence-corrected chi connectivity index (χ1v) is 7.87. The van der Waals surface area contributed by atoms with E-state index < -0.39 is 0 Å². The summed E-state index contributed by atoms with van der Waals surface area (Å²) >= 11 is 0. The first-order chi connectivity index (χ1) is 8.86. The van der Waals surface area contributed by atoms with Gasteiger partial charge in [-0.25, -0.2) is 0 Å². The van der Waals surface area contributed by atoms with Gasteiger partial charge in [-0.1, -0.05) is 0 Å². The molecule has 0 aromatic carbocycles. The number of piperidine rings is 1. The maximum atomic E-state index is 5.74. The van der Waals surface area contributed by atoms with Crippen LogP contribution in [0.2, 0.25) is 0 Å². The van der Waals surface area contributed by atoms with Gasteiger partial charge in [-0.3, -0.25) is 4.90 Å². The Balaban J connectivity index is 1.35. The van der Waals surface area contributed by atoms with Gasteiger partial charge in [0.05, 0.1) is 0 Å². The molecular formula is C15H28N2O. The SMILES string of the molecule is CNC1CC2CCC(C1)N2CCCOCC1CC1. The zero-order valence-electron chi connectivity index (χ0n) is 11.7. The predicted octanol–water partition coefficient (Wildman–Crippen LogP) is 2.02. The van der Waals surface area contributed by atoms with Crippen LogP contribution in [-0.2, 0) is 4.74 Å². The normalized spacial score (nSPS) is 36.2. The van der Waals surface area contributed by atoms with Crippen LogP contribution < -0.4 is 5.32 Å². The Kier molecular flexibility index (Phi) is 4.22. The summed E-state index contributed by atoms with van der Waals surface area (Å²) in [6.07, 6.45) is 9.59. The Labute approximate surface area is 111 Å².